The highest BCUT2D eigenvalue weighted by Crippen LogP contribution is 2.26. The molecule has 0 radical (unpaired) electrons. The molecule has 0 spiro atoms. The first-order chi connectivity index (χ1) is 7.45. The van der Waals surface area contributed by atoms with Crippen molar-refractivity contribution in [1.82, 2.24) is 15.2 Å². The molecule has 0 aliphatic rings. The van der Waals surface area contributed by atoms with Gasteiger partial charge in [0.25, 0.3) is 0 Å². The van der Waals surface area contributed by atoms with Crippen LogP contribution in [0, 0.1) is 0 Å². The van der Waals surface area contributed by atoms with Crippen molar-refractivity contribution in [2.45, 2.75) is 0 Å². The normalized spacial score (nSPS) is 10.7. The summed E-state index contributed by atoms with van der Waals surface area (Å²) < 4.78 is 0. The quantitative estimate of drug-likeness (QED) is 0.648. The number of hydrogen-bond acceptors (Lipinski definition) is 2. The lowest BCUT2D eigenvalue weighted by atomic mass is 10.0. The smallest absolute Gasteiger partial charge is 0.0656 e. The molecular formula is C12H9N3. The molecule has 3 nitrogen and oxygen atoms in total. The van der Waals surface area contributed by atoms with Crippen LogP contribution in [0.3, 0.4) is 0 Å². The fraction of sp³-hybridized carbons (Fsp3) is 0. The zero-order valence-electron chi connectivity index (χ0n) is 8.01. The van der Waals surface area contributed by atoms with Gasteiger partial charge in [-0.3, -0.25) is 10.1 Å². The van der Waals surface area contributed by atoms with E-state index in [2.05, 4.69) is 21.2 Å². The van der Waals surface area contributed by atoms with Gasteiger partial charge in [0.05, 0.1) is 11.7 Å². The van der Waals surface area contributed by atoms with Crippen molar-refractivity contribution < 1.29 is 0 Å². The van der Waals surface area contributed by atoms with Gasteiger partial charge in [-0.1, -0.05) is 12.1 Å². The van der Waals surface area contributed by atoms with Crippen LogP contribution >= 0.6 is 0 Å². The number of rotatable bonds is 1. The van der Waals surface area contributed by atoms with Gasteiger partial charge in [0.15, 0.2) is 0 Å². The van der Waals surface area contributed by atoms with Crippen LogP contribution in [0.25, 0.3) is 22.0 Å². The van der Waals surface area contributed by atoms with E-state index in [1.54, 1.807) is 12.4 Å². The molecule has 2 aromatic heterocycles. The Morgan fingerprint density at radius 1 is 1.00 bits per heavy atom. The van der Waals surface area contributed by atoms with E-state index in [1.807, 2.05) is 30.5 Å². The first-order valence-electron chi connectivity index (χ1n) is 4.77. The summed E-state index contributed by atoms with van der Waals surface area (Å²) in [6.45, 7) is 0. The lowest BCUT2D eigenvalue weighted by Crippen LogP contribution is -1.79. The summed E-state index contributed by atoms with van der Waals surface area (Å²) >= 11 is 0. The molecule has 0 saturated carbocycles. The number of nitrogens with zero attached hydrogens (tertiary/aromatic N) is 2. The summed E-state index contributed by atoms with van der Waals surface area (Å²) in [5.41, 5.74) is 3.41. The molecule has 0 aliphatic carbocycles. The van der Waals surface area contributed by atoms with Crippen LogP contribution < -0.4 is 0 Å². The maximum absolute atomic E-state index is 4.05. The van der Waals surface area contributed by atoms with Crippen molar-refractivity contribution in [3.8, 4) is 11.1 Å². The maximum Gasteiger partial charge on any atom is 0.0656 e. The van der Waals surface area contributed by atoms with Crippen LogP contribution in [0.1, 0.15) is 0 Å². The van der Waals surface area contributed by atoms with Crippen molar-refractivity contribution in [2.75, 3.05) is 0 Å². The van der Waals surface area contributed by atoms with Crippen LogP contribution in [0.2, 0.25) is 0 Å². The van der Waals surface area contributed by atoms with Gasteiger partial charge in [0, 0.05) is 17.8 Å². The van der Waals surface area contributed by atoms with Crippen molar-refractivity contribution in [2.24, 2.45) is 0 Å². The Hall–Kier alpha value is -2.16. The van der Waals surface area contributed by atoms with E-state index >= 15 is 0 Å². The second-order valence-electron chi connectivity index (χ2n) is 3.37. The molecule has 0 atom stereocenters. The lowest BCUT2D eigenvalue weighted by molar-refractivity contribution is 1.12. The standard InChI is InChI=1S/C12H9N3/c1-2-10(9-4-6-13-7-5-9)11-8-14-15-12(11)3-1/h1-8H,(H,14,15). The molecule has 3 heteroatoms. The van der Waals surface area contributed by atoms with Gasteiger partial charge < -0.3 is 0 Å². The topological polar surface area (TPSA) is 41.6 Å². The van der Waals surface area contributed by atoms with Gasteiger partial charge in [0.1, 0.15) is 0 Å². The first kappa shape index (κ1) is 8.17. The number of aromatic amines is 1. The third-order valence-corrected chi connectivity index (χ3v) is 2.48. The number of pyridine rings is 1. The molecule has 15 heavy (non-hydrogen) atoms. The van der Waals surface area contributed by atoms with E-state index in [-0.39, 0.29) is 0 Å². The molecule has 0 saturated heterocycles. The minimum atomic E-state index is 1.06. The molecule has 1 N–H and O–H groups in total. The maximum atomic E-state index is 4.05. The summed E-state index contributed by atoms with van der Waals surface area (Å²) in [5, 5.41) is 8.15. The molecule has 0 aliphatic heterocycles. The molecule has 3 aromatic rings. The fourth-order valence-electron chi connectivity index (χ4n) is 1.75. The number of fused-ring (bicyclic) bond motifs is 1. The van der Waals surface area contributed by atoms with Crippen molar-refractivity contribution >= 4 is 10.9 Å². The predicted molar refractivity (Wildman–Crippen MR) is 59.3 cm³/mol. The Morgan fingerprint density at radius 3 is 2.73 bits per heavy atom. The van der Waals surface area contributed by atoms with Crippen LogP contribution in [0.15, 0.2) is 48.9 Å². The van der Waals surface area contributed by atoms with Gasteiger partial charge in [-0.05, 0) is 29.3 Å². The Bertz CT molecular complexity index is 584. The fourth-order valence-corrected chi connectivity index (χ4v) is 1.75. The Balaban J connectivity index is 2.31. The highest BCUT2D eigenvalue weighted by atomic mass is 15.1. The third-order valence-electron chi connectivity index (χ3n) is 2.48. The highest BCUT2D eigenvalue weighted by molar-refractivity contribution is 5.94. The summed E-state index contributed by atoms with van der Waals surface area (Å²) in [6.07, 6.45) is 5.45. The predicted octanol–water partition coefficient (Wildman–Crippen LogP) is 2.62. The zero-order valence-corrected chi connectivity index (χ0v) is 8.01. The van der Waals surface area contributed by atoms with E-state index in [1.165, 1.54) is 5.56 Å². The lowest BCUT2D eigenvalue weighted by Gasteiger charge is -2.01. The molecule has 0 amide bonds. The van der Waals surface area contributed by atoms with E-state index in [0.29, 0.717) is 0 Å². The Morgan fingerprint density at radius 2 is 1.87 bits per heavy atom. The molecule has 1 aromatic carbocycles. The van der Waals surface area contributed by atoms with Crippen LogP contribution in [0.4, 0.5) is 0 Å². The summed E-state index contributed by atoms with van der Waals surface area (Å²) in [7, 11) is 0. The molecule has 0 bridgehead atoms. The Kier molecular flexibility index (Phi) is 1.75. The summed E-state index contributed by atoms with van der Waals surface area (Å²) in [4.78, 5) is 4.02. The second-order valence-corrected chi connectivity index (χ2v) is 3.37. The molecule has 2 heterocycles. The zero-order chi connectivity index (χ0) is 10.1. The number of benzene rings is 1. The van der Waals surface area contributed by atoms with Crippen molar-refractivity contribution in [1.29, 1.82) is 0 Å². The average Bonchev–Trinajstić information content (AvgIpc) is 2.78. The molecule has 0 fully saturated rings. The number of nitrogens with one attached hydrogen (secondary N) is 1. The van der Waals surface area contributed by atoms with Crippen molar-refractivity contribution in [3.05, 3.63) is 48.9 Å². The second kappa shape index (κ2) is 3.20. The minimum absolute atomic E-state index is 1.06. The van der Waals surface area contributed by atoms with E-state index < -0.39 is 0 Å². The number of H-pyrrole nitrogens is 1. The third kappa shape index (κ3) is 1.29. The number of hydrogen-bond donors (Lipinski definition) is 1. The van der Waals surface area contributed by atoms with E-state index in [4.69, 9.17) is 0 Å². The first-order valence-corrected chi connectivity index (χ1v) is 4.77. The molecular weight excluding hydrogens is 186 g/mol. The molecule has 72 valence electrons. The summed E-state index contributed by atoms with van der Waals surface area (Å²) in [5.74, 6) is 0. The van der Waals surface area contributed by atoms with Crippen molar-refractivity contribution in [3.63, 3.8) is 0 Å². The largest absolute Gasteiger partial charge is 0.278 e. The van der Waals surface area contributed by atoms with Gasteiger partial charge in [-0.15, -0.1) is 0 Å². The van der Waals surface area contributed by atoms with Gasteiger partial charge in [-0.2, -0.15) is 5.10 Å². The molecule has 3 rings (SSSR count). The van der Waals surface area contributed by atoms with E-state index in [9.17, 15) is 0 Å². The molecule has 0 unspecified atom stereocenters. The van der Waals surface area contributed by atoms with Crippen LogP contribution in [-0.4, -0.2) is 15.2 Å². The minimum Gasteiger partial charge on any atom is -0.278 e. The number of aromatic nitrogens is 3. The Labute approximate surface area is 86.8 Å². The average molecular weight is 195 g/mol. The SMILES string of the molecule is c1cc(-c2ccncc2)c2cn[nH]c2c1. The monoisotopic (exact) mass is 195 g/mol. The van der Waals surface area contributed by atoms with Crippen LogP contribution in [-0.2, 0) is 0 Å². The van der Waals surface area contributed by atoms with Gasteiger partial charge in [0.2, 0.25) is 0 Å². The highest BCUT2D eigenvalue weighted by Gasteiger charge is 2.03. The van der Waals surface area contributed by atoms with Crippen LogP contribution in [0.5, 0.6) is 0 Å². The van der Waals surface area contributed by atoms with E-state index in [0.717, 1.165) is 16.5 Å². The van der Waals surface area contributed by atoms with Gasteiger partial charge in [-0.25, -0.2) is 0 Å². The summed E-state index contributed by atoms with van der Waals surface area (Å²) in [6, 6.07) is 10.1. The van der Waals surface area contributed by atoms with Gasteiger partial charge >= 0.3 is 0 Å².